The maximum atomic E-state index is 4.45. The summed E-state index contributed by atoms with van der Waals surface area (Å²) >= 11 is 1.82. The van der Waals surface area contributed by atoms with E-state index in [-0.39, 0.29) is 0 Å². The molecular formula is C14H14N2S. The fourth-order valence-corrected chi connectivity index (χ4v) is 2.77. The van der Waals surface area contributed by atoms with Gasteiger partial charge in [-0.2, -0.15) is 0 Å². The summed E-state index contributed by atoms with van der Waals surface area (Å²) in [5.74, 6) is 0. The monoisotopic (exact) mass is 242 g/mol. The predicted molar refractivity (Wildman–Crippen MR) is 72.6 cm³/mol. The van der Waals surface area contributed by atoms with Crippen LogP contribution in [0.5, 0.6) is 0 Å². The van der Waals surface area contributed by atoms with Gasteiger partial charge in [0.15, 0.2) is 0 Å². The summed E-state index contributed by atoms with van der Waals surface area (Å²) in [6.07, 6.45) is 4.15. The van der Waals surface area contributed by atoms with Gasteiger partial charge >= 0.3 is 0 Å². The number of aryl methyl sites for hydroxylation is 3. The zero-order chi connectivity index (χ0) is 11.7. The zero-order valence-electron chi connectivity index (χ0n) is 9.73. The van der Waals surface area contributed by atoms with Gasteiger partial charge in [-0.05, 0) is 48.9 Å². The van der Waals surface area contributed by atoms with Crippen LogP contribution in [-0.2, 0) is 12.8 Å². The second-order valence-electron chi connectivity index (χ2n) is 4.31. The van der Waals surface area contributed by atoms with Crippen molar-refractivity contribution in [3.8, 4) is 0 Å². The van der Waals surface area contributed by atoms with Gasteiger partial charge in [0.1, 0.15) is 5.65 Å². The first kappa shape index (κ1) is 10.5. The van der Waals surface area contributed by atoms with E-state index >= 15 is 0 Å². The molecule has 0 aromatic carbocycles. The van der Waals surface area contributed by atoms with E-state index in [1.54, 1.807) is 0 Å². The van der Waals surface area contributed by atoms with Crippen LogP contribution in [0.25, 0.3) is 11.0 Å². The van der Waals surface area contributed by atoms with Crippen molar-refractivity contribution in [1.82, 2.24) is 9.97 Å². The number of nitrogens with one attached hydrogen (secondary N) is 1. The predicted octanol–water partition coefficient (Wildman–Crippen LogP) is 3.72. The fourth-order valence-electron chi connectivity index (χ4n) is 2.06. The Bertz CT molecular complexity index is 623. The van der Waals surface area contributed by atoms with Crippen molar-refractivity contribution >= 4 is 22.4 Å². The van der Waals surface area contributed by atoms with Crippen molar-refractivity contribution in [2.45, 2.75) is 19.8 Å². The molecule has 0 unspecified atom stereocenters. The highest BCUT2D eigenvalue weighted by Crippen LogP contribution is 2.17. The van der Waals surface area contributed by atoms with E-state index < -0.39 is 0 Å². The summed E-state index contributed by atoms with van der Waals surface area (Å²) in [6, 6.07) is 8.68. The van der Waals surface area contributed by atoms with Crippen molar-refractivity contribution in [3.05, 3.63) is 52.0 Å². The molecule has 0 aliphatic carbocycles. The number of hydrogen-bond donors (Lipinski definition) is 1. The number of nitrogens with zero attached hydrogens (tertiary/aromatic N) is 1. The molecule has 3 aromatic heterocycles. The highest BCUT2D eigenvalue weighted by molar-refractivity contribution is 7.09. The topological polar surface area (TPSA) is 28.7 Å². The molecule has 3 rings (SSSR count). The maximum absolute atomic E-state index is 4.45. The minimum Gasteiger partial charge on any atom is -0.344 e. The van der Waals surface area contributed by atoms with Crippen molar-refractivity contribution in [2.75, 3.05) is 0 Å². The third-order valence-electron chi connectivity index (χ3n) is 2.90. The summed E-state index contributed by atoms with van der Waals surface area (Å²) in [5, 5.41) is 3.35. The third kappa shape index (κ3) is 2.24. The molecule has 0 atom stereocenters. The normalized spacial score (nSPS) is 11.1. The molecule has 0 saturated heterocycles. The second-order valence-corrected chi connectivity index (χ2v) is 5.35. The number of fused-ring (bicyclic) bond motifs is 1. The summed E-state index contributed by atoms with van der Waals surface area (Å²) in [4.78, 5) is 9.14. The van der Waals surface area contributed by atoms with Gasteiger partial charge in [-0.25, -0.2) is 4.98 Å². The molecule has 0 aliphatic rings. The van der Waals surface area contributed by atoms with E-state index in [9.17, 15) is 0 Å². The number of hydrogen-bond acceptors (Lipinski definition) is 2. The Morgan fingerprint density at radius 1 is 1.29 bits per heavy atom. The van der Waals surface area contributed by atoms with Gasteiger partial charge in [0, 0.05) is 22.2 Å². The molecule has 3 heterocycles. The second kappa shape index (κ2) is 4.34. The van der Waals surface area contributed by atoms with Crippen molar-refractivity contribution in [1.29, 1.82) is 0 Å². The molecule has 0 radical (unpaired) electrons. The molecule has 17 heavy (non-hydrogen) atoms. The van der Waals surface area contributed by atoms with Crippen LogP contribution in [0.4, 0.5) is 0 Å². The van der Waals surface area contributed by atoms with Crippen molar-refractivity contribution in [2.24, 2.45) is 0 Å². The first-order valence-corrected chi connectivity index (χ1v) is 6.66. The minimum atomic E-state index is 0.988. The Kier molecular flexibility index (Phi) is 2.69. The summed E-state index contributed by atoms with van der Waals surface area (Å²) in [5.41, 5.74) is 3.47. The van der Waals surface area contributed by atoms with E-state index in [4.69, 9.17) is 0 Å². The van der Waals surface area contributed by atoms with Gasteiger partial charge in [-0.15, -0.1) is 11.3 Å². The van der Waals surface area contributed by atoms with Gasteiger partial charge in [-0.3, -0.25) is 0 Å². The first-order chi connectivity index (χ1) is 8.31. The number of pyridine rings is 1. The molecule has 0 bridgehead atoms. The fraction of sp³-hybridized carbons (Fsp3) is 0.214. The summed E-state index contributed by atoms with van der Waals surface area (Å²) in [6.45, 7) is 2.06. The largest absolute Gasteiger partial charge is 0.344 e. The lowest BCUT2D eigenvalue weighted by atomic mass is 10.1. The molecule has 0 saturated carbocycles. The van der Waals surface area contributed by atoms with Gasteiger partial charge in [0.2, 0.25) is 0 Å². The molecule has 2 nitrogen and oxygen atoms in total. The average molecular weight is 242 g/mol. The molecule has 0 aliphatic heterocycles. The van der Waals surface area contributed by atoms with Crippen LogP contribution in [-0.4, -0.2) is 9.97 Å². The number of H-pyrrole nitrogens is 1. The number of thiophene rings is 1. The molecule has 86 valence electrons. The Morgan fingerprint density at radius 3 is 3.06 bits per heavy atom. The average Bonchev–Trinajstić information content (AvgIpc) is 2.92. The van der Waals surface area contributed by atoms with Crippen LogP contribution >= 0.6 is 11.3 Å². The number of aromatic nitrogens is 2. The standard InChI is InChI=1S/C14H14N2S/c1-10-7-12-8-11(9-15-14(12)16-10)4-5-13-3-2-6-17-13/h2-3,6-9H,4-5H2,1H3,(H,15,16). The van der Waals surface area contributed by atoms with Crippen LogP contribution in [0, 0.1) is 6.92 Å². The van der Waals surface area contributed by atoms with Gasteiger partial charge < -0.3 is 4.98 Å². The number of rotatable bonds is 3. The lowest BCUT2D eigenvalue weighted by molar-refractivity contribution is 0.973. The first-order valence-electron chi connectivity index (χ1n) is 5.78. The lowest BCUT2D eigenvalue weighted by Gasteiger charge is -1.99. The highest BCUT2D eigenvalue weighted by atomic mass is 32.1. The van der Waals surface area contributed by atoms with Gasteiger partial charge in [-0.1, -0.05) is 6.07 Å². The summed E-state index contributed by atoms with van der Waals surface area (Å²) < 4.78 is 0. The zero-order valence-corrected chi connectivity index (χ0v) is 10.6. The minimum absolute atomic E-state index is 0.988. The molecule has 3 heteroatoms. The van der Waals surface area contributed by atoms with Gasteiger partial charge in [0.05, 0.1) is 0 Å². The van der Waals surface area contributed by atoms with E-state index in [1.165, 1.54) is 21.5 Å². The van der Waals surface area contributed by atoms with Crippen LogP contribution < -0.4 is 0 Å². The third-order valence-corrected chi connectivity index (χ3v) is 3.84. The highest BCUT2D eigenvalue weighted by Gasteiger charge is 2.02. The Morgan fingerprint density at radius 2 is 2.24 bits per heavy atom. The van der Waals surface area contributed by atoms with Crippen LogP contribution in [0.2, 0.25) is 0 Å². The quantitative estimate of drug-likeness (QED) is 0.745. The Balaban J connectivity index is 1.81. The molecule has 3 aromatic rings. The smallest absolute Gasteiger partial charge is 0.137 e. The molecule has 0 amide bonds. The van der Waals surface area contributed by atoms with Gasteiger partial charge in [0.25, 0.3) is 0 Å². The van der Waals surface area contributed by atoms with E-state index in [2.05, 4.69) is 46.5 Å². The SMILES string of the molecule is Cc1cc2cc(CCc3cccs3)cnc2[nH]1. The number of aromatic amines is 1. The Labute approximate surface area is 104 Å². The molecule has 0 spiro atoms. The summed E-state index contributed by atoms with van der Waals surface area (Å²) in [7, 11) is 0. The van der Waals surface area contributed by atoms with Crippen LogP contribution in [0.3, 0.4) is 0 Å². The van der Waals surface area contributed by atoms with E-state index in [0.717, 1.165) is 18.5 Å². The van der Waals surface area contributed by atoms with Crippen molar-refractivity contribution < 1.29 is 0 Å². The molecule has 1 N–H and O–H groups in total. The Hall–Kier alpha value is -1.61. The van der Waals surface area contributed by atoms with Crippen LogP contribution in [0.1, 0.15) is 16.1 Å². The van der Waals surface area contributed by atoms with Crippen molar-refractivity contribution in [3.63, 3.8) is 0 Å². The molecule has 0 fully saturated rings. The van der Waals surface area contributed by atoms with E-state index in [1.807, 2.05) is 17.5 Å². The maximum Gasteiger partial charge on any atom is 0.137 e. The molecular weight excluding hydrogens is 228 g/mol. The van der Waals surface area contributed by atoms with Crippen LogP contribution in [0.15, 0.2) is 35.8 Å². The lowest BCUT2D eigenvalue weighted by Crippen LogP contribution is -1.90. The van der Waals surface area contributed by atoms with E-state index in [0.29, 0.717) is 0 Å².